The maximum atomic E-state index is 6.50. The van der Waals surface area contributed by atoms with Crippen LogP contribution >= 0.6 is 0 Å². The normalized spacial score (nSPS) is 10.1. The van der Waals surface area contributed by atoms with Gasteiger partial charge >= 0.3 is 0 Å². The second kappa shape index (κ2) is 15.2. The van der Waals surface area contributed by atoms with Crippen molar-refractivity contribution in [3.8, 4) is 6.57 Å². The Balaban J connectivity index is 0.00000191. The van der Waals surface area contributed by atoms with Crippen molar-refractivity contribution in [2.24, 2.45) is 0 Å². The van der Waals surface area contributed by atoms with E-state index in [2.05, 4.69) is 43.3 Å². The largest absolute Gasteiger partial charge is 0.351 e. The number of hydrogen-bond donors (Lipinski definition) is 0. The van der Waals surface area contributed by atoms with E-state index in [1.54, 1.807) is 0 Å². The van der Waals surface area contributed by atoms with Gasteiger partial charge in [-0.2, -0.15) is 0 Å². The van der Waals surface area contributed by atoms with Crippen molar-refractivity contribution in [3.63, 3.8) is 0 Å². The van der Waals surface area contributed by atoms with Crippen molar-refractivity contribution >= 4 is 0 Å². The fourth-order valence-corrected chi connectivity index (χ4v) is 2.76. The summed E-state index contributed by atoms with van der Waals surface area (Å²) < 4.78 is 2.42. The molecular formula is C19H34N2. The number of aryl methyl sites for hydroxylation is 2. The second-order valence-corrected chi connectivity index (χ2v) is 5.73. The maximum Gasteiger partial charge on any atom is 0.0462 e. The van der Waals surface area contributed by atoms with Crippen LogP contribution in [-0.2, 0) is 13.0 Å². The minimum absolute atomic E-state index is 1.16. The van der Waals surface area contributed by atoms with E-state index in [-0.39, 0.29) is 0 Å². The third kappa shape index (κ3) is 10.2. The second-order valence-electron chi connectivity index (χ2n) is 5.73. The highest BCUT2D eigenvalue weighted by molar-refractivity contribution is 5.06. The van der Waals surface area contributed by atoms with Crippen molar-refractivity contribution in [2.75, 3.05) is 0 Å². The lowest BCUT2D eigenvalue weighted by Gasteiger charge is -2.07. The molecule has 0 aliphatic carbocycles. The molecule has 2 heteroatoms. The SMILES string of the molecule is C#N.CCCCCCCCCCCCn1cccc1CC. The number of nitriles is 1. The quantitative estimate of drug-likeness (QED) is 0.427. The van der Waals surface area contributed by atoms with Gasteiger partial charge in [0.05, 0.1) is 0 Å². The van der Waals surface area contributed by atoms with Crippen LogP contribution in [0.4, 0.5) is 0 Å². The van der Waals surface area contributed by atoms with Crippen LogP contribution in [0.5, 0.6) is 0 Å². The van der Waals surface area contributed by atoms with Crippen molar-refractivity contribution in [1.82, 2.24) is 4.57 Å². The number of hydrogen-bond acceptors (Lipinski definition) is 1. The van der Waals surface area contributed by atoms with Gasteiger partial charge in [-0.05, 0) is 25.0 Å². The van der Waals surface area contributed by atoms with E-state index in [0.29, 0.717) is 0 Å². The van der Waals surface area contributed by atoms with Gasteiger partial charge < -0.3 is 4.57 Å². The zero-order valence-corrected chi connectivity index (χ0v) is 14.2. The Labute approximate surface area is 132 Å². The van der Waals surface area contributed by atoms with E-state index < -0.39 is 0 Å². The smallest absolute Gasteiger partial charge is 0.0462 e. The summed E-state index contributed by atoms with van der Waals surface area (Å²) in [6.07, 6.45) is 17.6. The summed E-state index contributed by atoms with van der Waals surface area (Å²) in [5.41, 5.74) is 1.48. The van der Waals surface area contributed by atoms with Gasteiger partial charge in [-0.15, -0.1) is 0 Å². The fraction of sp³-hybridized carbons (Fsp3) is 0.737. The molecule has 2 nitrogen and oxygen atoms in total. The predicted octanol–water partition coefficient (Wildman–Crippen LogP) is 6.11. The van der Waals surface area contributed by atoms with Crippen molar-refractivity contribution < 1.29 is 0 Å². The van der Waals surface area contributed by atoms with Gasteiger partial charge in [0.15, 0.2) is 0 Å². The van der Waals surface area contributed by atoms with Crippen LogP contribution in [0.25, 0.3) is 0 Å². The molecule has 1 aromatic rings. The van der Waals surface area contributed by atoms with Gasteiger partial charge in [0.25, 0.3) is 0 Å². The molecule has 0 aromatic carbocycles. The van der Waals surface area contributed by atoms with Crippen molar-refractivity contribution in [2.45, 2.75) is 91.0 Å². The van der Waals surface area contributed by atoms with Crippen LogP contribution < -0.4 is 0 Å². The summed E-state index contributed by atoms with van der Waals surface area (Å²) in [5, 5.41) is 6.50. The Hall–Kier alpha value is -1.23. The first kappa shape index (κ1) is 19.8. The van der Waals surface area contributed by atoms with Gasteiger partial charge in [-0.25, -0.2) is 5.26 Å². The molecule has 0 fully saturated rings. The van der Waals surface area contributed by atoms with Crippen molar-refractivity contribution in [1.29, 1.82) is 5.26 Å². The maximum absolute atomic E-state index is 6.50. The Morgan fingerprint density at radius 2 is 1.38 bits per heavy atom. The highest BCUT2D eigenvalue weighted by Gasteiger charge is 1.98. The molecule has 120 valence electrons. The minimum Gasteiger partial charge on any atom is -0.351 e. The molecule has 1 rings (SSSR count). The summed E-state index contributed by atoms with van der Waals surface area (Å²) in [5.74, 6) is 0. The first-order valence-electron chi connectivity index (χ1n) is 8.78. The van der Waals surface area contributed by atoms with Crippen LogP contribution in [0.1, 0.15) is 83.7 Å². The molecule has 1 aromatic heterocycles. The topological polar surface area (TPSA) is 28.7 Å². The lowest BCUT2D eigenvalue weighted by Crippen LogP contribution is -2.00. The number of unbranched alkanes of at least 4 members (excludes halogenated alkanes) is 9. The molecule has 1 heterocycles. The molecule has 21 heavy (non-hydrogen) atoms. The molecule has 0 saturated heterocycles. The molecular weight excluding hydrogens is 256 g/mol. The molecule has 0 aliphatic heterocycles. The minimum atomic E-state index is 1.16. The summed E-state index contributed by atoms with van der Waals surface area (Å²) in [4.78, 5) is 0. The van der Waals surface area contributed by atoms with E-state index in [9.17, 15) is 0 Å². The van der Waals surface area contributed by atoms with Gasteiger partial charge in [0.2, 0.25) is 0 Å². The molecule has 0 unspecified atom stereocenters. The highest BCUT2D eigenvalue weighted by Crippen LogP contribution is 2.12. The Morgan fingerprint density at radius 1 is 0.857 bits per heavy atom. The van der Waals surface area contributed by atoms with Crippen LogP contribution in [0, 0.1) is 11.8 Å². The van der Waals surface area contributed by atoms with Crippen LogP contribution in [0.3, 0.4) is 0 Å². The molecule has 0 aliphatic rings. The molecule has 0 spiro atoms. The molecule has 0 bridgehead atoms. The zero-order chi connectivity index (χ0) is 15.8. The van der Waals surface area contributed by atoms with Crippen LogP contribution in [0.15, 0.2) is 18.3 Å². The van der Waals surface area contributed by atoms with Crippen LogP contribution in [-0.4, -0.2) is 4.57 Å². The molecule has 0 saturated carbocycles. The zero-order valence-electron chi connectivity index (χ0n) is 14.2. The third-order valence-corrected chi connectivity index (χ3v) is 4.04. The summed E-state index contributed by atoms with van der Waals surface area (Å²) >= 11 is 0. The predicted molar refractivity (Wildman–Crippen MR) is 92.3 cm³/mol. The Bertz CT molecular complexity index is 338. The summed E-state index contributed by atoms with van der Waals surface area (Å²) in [6.45, 7) is 9.24. The van der Waals surface area contributed by atoms with Gasteiger partial charge in [0, 0.05) is 25.0 Å². The van der Waals surface area contributed by atoms with E-state index in [1.165, 1.54) is 76.4 Å². The molecule has 0 radical (unpaired) electrons. The Morgan fingerprint density at radius 3 is 1.90 bits per heavy atom. The average molecular weight is 290 g/mol. The average Bonchev–Trinajstić information content (AvgIpc) is 2.98. The Kier molecular flexibility index (Phi) is 14.3. The van der Waals surface area contributed by atoms with E-state index in [1.807, 2.05) is 0 Å². The highest BCUT2D eigenvalue weighted by atomic mass is 15.0. The summed E-state index contributed by atoms with van der Waals surface area (Å²) in [7, 11) is 0. The fourth-order valence-electron chi connectivity index (χ4n) is 2.76. The molecule has 0 amide bonds. The molecule has 0 atom stereocenters. The third-order valence-electron chi connectivity index (χ3n) is 4.04. The van der Waals surface area contributed by atoms with Gasteiger partial charge in [-0.1, -0.05) is 71.6 Å². The van der Waals surface area contributed by atoms with E-state index >= 15 is 0 Å². The lowest BCUT2D eigenvalue weighted by atomic mass is 10.1. The van der Waals surface area contributed by atoms with Crippen molar-refractivity contribution in [3.05, 3.63) is 24.0 Å². The standard InChI is InChI=1S/C18H33N.CHN/c1-3-5-6-7-8-9-10-11-12-13-16-19-17-14-15-18(19)4-2;1-2/h14-15,17H,3-13,16H2,1-2H3;1H. The first-order valence-corrected chi connectivity index (χ1v) is 8.78. The number of aromatic nitrogens is 1. The first-order chi connectivity index (χ1) is 10.4. The molecule has 0 N–H and O–H groups in total. The van der Waals surface area contributed by atoms with E-state index in [0.717, 1.165) is 6.42 Å². The lowest BCUT2D eigenvalue weighted by molar-refractivity contribution is 0.530. The number of rotatable bonds is 12. The van der Waals surface area contributed by atoms with Gasteiger partial charge in [-0.3, -0.25) is 0 Å². The number of nitrogens with zero attached hydrogens (tertiary/aromatic N) is 2. The van der Waals surface area contributed by atoms with Gasteiger partial charge in [0.1, 0.15) is 0 Å². The van der Waals surface area contributed by atoms with E-state index in [4.69, 9.17) is 5.26 Å². The van der Waals surface area contributed by atoms with Crippen LogP contribution in [0.2, 0.25) is 0 Å². The monoisotopic (exact) mass is 290 g/mol. The summed E-state index contributed by atoms with van der Waals surface area (Å²) in [6, 6.07) is 4.42.